The monoisotopic (exact) mass is 700 g/mol. The van der Waals surface area contributed by atoms with E-state index in [0.29, 0.717) is 29.2 Å². The molecule has 0 bridgehead atoms. The Bertz CT molecular complexity index is 1880. The molecule has 2 aromatic carbocycles. The third-order valence-corrected chi connectivity index (χ3v) is 12.0. The molecule has 1 atom stereocenters. The van der Waals surface area contributed by atoms with Gasteiger partial charge in [-0.2, -0.15) is 9.57 Å². The molecular formula is C37H44N6O6S. The number of rotatable bonds is 10. The number of methoxy groups -OCH3 is 1. The van der Waals surface area contributed by atoms with E-state index in [-0.39, 0.29) is 45.5 Å². The number of piperidine rings is 2. The van der Waals surface area contributed by atoms with Gasteiger partial charge in [0, 0.05) is 24.8 Å². The summed E-state index contributed by atoms with van der Waals surface area (Å²) in [5, 5.41) is 12.9. The Morgan fingerprint density at radius 3 is 2.36 bits per heavy atom. The van der Waals surface area contributed by atoms with Crippen LogP contribution >= 0.6 is 0 Å². The first kappa shape index (κ1) is 35.2. The molecule has 2 fully saturated rings. The summed E-state index contributed by atoms with van der Waals surface area (Å²) in [4.78, 5) is 37.9. The molecule has 3 aliphatic rings. The Morgan fingerprint density at radius 2 is 1.70 bits per heavy atom. The molecule has 3 aliphatic heterocycles. The smallest absolute Gasteiger partial charge is 0.318 e. The van der Waals surface area contributed by atoms with E-state index in [2.05, 4.69) is 28.2 Å². The van der Waals surface area contributed by atoms with Gasteiger partial charge in [-0.3, -0.25) is 4.79 Å². The van der Waals surface area contributed by atoms with Crippen LogP contribution in [0.2, 0.25) is 0 Å². The van der Waals surface area contributed by atoms with Gasteiger partial charge in [-0.05, 0) is 113 Å². The van der Waals surface area contributed by atoms with E-state index < -0.39 is 27.5 Å². The molecule has 0 saturated carbocycles. The maximum Gasteiger partial charge on any atom is 0.318 e. The molecule has 0 radical (unpaired) electrons. The Balaban J connectivity index is 1.39. The topological polar surface area (TPSA) is 145 Å². The normalized spacial score (nSPS) is 20.3. The molecule has 1 unspecified atom stereocenters. The van der Waals surface area contributed by atoms with Crippen LogP contribution in [0.5, 0.6) is 11.6 Å². The first-order chi connectivity index (χ1) is 24.2. The van der Waals surface area contributed by atoms with Crippen LogP contribution in [-0.4, -0.2) is 81.6 Å². The number of sulfonamides is 1. The molecule has 12 nitrogen and oxygen atoms in total. The highest BCUT2D eigenvalue weighted by molar-refractivity contribution is 7.93. The number of pyridine rings is 1. The van der Waals surface area contributed by atoms with Gasteiger partial charge < -0.3 is 24.6 Å². The fourth-order valence-electron chi connectivity index (χ4n) is 7.78. The first-order valence-corrected chi connectivity index (χ1v) is 18.8. The number of fused-ring (bicyclic) bond motifs is 1. The Hall–Kier alpha value is -4.67. The molecular weight excluding hydrogens is 657 g/mol. The van der Waals surface area contributed by atoms with Crippen LogP contribution in [-0.2, 0) is 20.4 Å². The predicted octanol–water partition coefficient (Wildman–Crippen LogP) is 4.88. The molecule has 264 valence electrons. The number of nitrogens with zero attached hydrogens (tertiary/aromatic N) is 5. The number of aromatic nitrogens is 1. The summed E-state index contributed by atoms with van der Waals surface area (Å²) in [5.41, 5.74) is -1.64. The molecule has 3 amide bonds. The highest BCUT2D eigenvalue weighted by atomic mass is 32.2. The zero-order valence-electron chi connectivity index (χ0n) is 28.8. The fraction of sp³-hybridized carbons (Fsp3) is 0.459. The van der Waals surface area contributed by atoms with Gasteiger partial charge in [0.25, 0.3) is 15.9 Å². The van der Waals surface area contributed by atoms with Crippen molar-refractivity contribution in [3.8, 4) is 17.7 Å². The molecule has 6 rings (SSSR count). The van der Waals surface area contributed by atoms with Crippen LogP contribution < -0.4 is 19.1 Å². The van der Waals surface area contributed by atoms with Crippen LogP contribution in [0.15, 0.2) is 65.7 Å². The number of hydrogen-bond acceptors (Lipinski definition) is 9. The summed E-state index contributed by atoms with van der Waals surface area (Å²) in [6.07, 6.45) is 6.64. The summed E-state index contributed by atoms with van der Waals surface area (Å²) in [5.74, 6) is 0.275. The lowest BCUT2D eigenvalue weighted by molar-refractivity contribution is -0.121. The van der Waals surface area contributed by atoms with Crippen molar-refractivity contribution >= 4 is 27.6 Å². The summed E-state index contributed by atoms with van der Waals surface area (Å²) < 4.78 is 40.9. The van der Waals surface area contributed by atoms with Crippen molar-refractivity contribution in [2.75, 3.05) is 50.7 Å². The number of carbonyl (C=O) groups excluding carboxylic acids is 2. The van der Waals surface area contributed by atoms with Gasteiger partial charge in [0.05, 0.1) is 36.6 Å². The van der Waals surface area contributed by atoms with Crippen molar-refractivity contribution in [1.29, 1.82) is 5.26 Å². The lowest BCUT2D eigenvalue weighted by atomic mass is 9.78. The lowest BCUT2D eigenvalue weighted by Gasteiger charge is -2.41. The van der Waals surface area contributed by atoms with E-state index in [4.69, 9.17) is 9.47 Å². The lowest BCUT2D eigenvalue weighted by Crippen LogP contribution is -2.58. The number of amides is 3. The van der Waals surface area contributed by atoms with Gasteiger partial charge in [0.15, 0.2) is 5.54 Å². The molecule has 1 aromatic heterocycles. The second-order valence-electron chi connectivity index (χ2n) is 13.0. The Morgan fingerprint density at radius 1 is 1.00 bits per heavy atom. The van der Waals surface area contributed by atoms with E-state index in [9.17, 15) is 18.5 Å². The van der Waals surface area contributed by atoms with Gasteiger partial charge in [-0.15, -0.1) is 0 Å². The van der Waals surface area contributed by atoms with E-state index in [0.717, 1.165) is 51.7 Å². The van der Waals surface area contributed by atoms with Crippen molar-refractivity contribution in [1.82, 2.24) is 20.1 Å². The maximum atomic E-state index is 15.1. The molecule has 0 aliphatic carbocycles. The Kier molecular flexibility index (Phi) is 10.3. The van der Waals surface area contributed by atoms with Gasteiger partial charge in [0.2, 0.25) is 5.88 Å². The number of likely N-dealkylation sites (tertiary alicyclic amines) is 2. The van der Waals surface area contributed by atoms with Gasteiger partial charge in [0.1, 0.15) is 10.6 Å². The quantitative estimate of drug-likeness (QED) is 0.313. The summed E-state index contributed by atoms with van der Waals surface area (Å²) >= 11 is 0. The number of nitriles is 1. The summed E-state index contributed by atoms with van der Waals surface area (Å²) in [6, 6.07) is 15.1. The molecule has 4 heterocycles. The third-order valence-electron chi connectivity index (χ3n) is 10.3. The van der Waals surface area contributed by atoms with Crippen LogP contribution in [0.25, 0.3) is 0 Å². The molecule has 0 spiro atoms. The van der Waals surface area contributed by atoms with E-state index in [1.807, 2.05) is 0 Å². The number of carbonyl (C=O) groups is 2. The van der Waals surface area contributed by atoms with Crippen molar-refractivity contribution in [3.05, 3.63) is 77.5 Å². The zero-order valence-corrected chi connectivity index (χ0v) is 29.6. The number of para-hydroxylation sites is 1. The molecule has 3 aromatic rings. The highest BCUT2D eigenvalue weighted by Crippen LogP contribution is 2.50. The fourth-order valence-corrected chi connectivity index (χ4v) is 9.41. The van der Waals surface area contributed by atoms with Crippen LogP contribution in [0.4, 0.5) is 10.5 Å². The van der Waals surface area contributed by atoms with Crippen molar-refractivity contribution in [2.24, 2.45) is 11.8 Å². The maximum absolute atomic E-state index is 15.1. The molecule has 13 heteroatoms. The SMILES string of the molecule is CCCN1CCC(C2CCN(C(=O)NC3(c4cccnc4OCC)C(=O)N(S(=O)(=O)c4ccccc4OC)c4ccc(C#N)cc43)CC2)CC1. The van der Waals surface area contributed by atoms with E-state index >= 15 is 4.79 Å². The average molecular weight is 701 g/mol. The number of urea groups is 1. The molecule has 2 saturated heterocycles. The molecule has 50 heavy (non-hydrogen) atoms. The molecule has 1 N–H and O–H groups in total. The summed E-state index contributed by atoms with van der Waals surface area (Å²) in [6.45, 7) is 8.50. The van der Waals surface area contributed by atoms with Crippen molar-refractivity contribution in [3.63, 3.8) is 0 Å². The van der Waals surface area contributed by atoms with Gasteiger partial charge >= 0.3 is 6.03 Å². The zero-order chi connectivity index (χ0) is 35.5. The number of nitrogens with one attached hydrogen (secondary N) is 1. The largest absolute Gasteiger partial charge is 0.495 e. The number of ether oxygens (including phenoxy) is 2. The second-order valence-corrected chi connectivity index (χ2v) is 14.8. The number of hydrogen-bond donors (Lipinski definition) is 1. The van der Waals surface area contributed by atoms with E-state index in [1.54, 1.807) is 30.0 Å². The minimum Gasteiger partial charge on any atom is -0.495 e. The first-order valence-electron chi connectivity index (χ1n) is 17.3. The van der Waals surface area contributed by atoms with Gasteiger partial charge in [-0.25, -0.2) is 18.2 Å². The van der Waals surface area contributed by atoms with Crippen LogP contribution in [0.3, 0.4) is 0 Å². The predicted molar refractivity (Wildman–Crippen MR) is 187 cm³/mol. The van der Waals surface area contributed by atoms with Crippen molar-refractivity contribution < 1.29 is 27.5 Å². The average Bonchev–Trinajstić information content (AvgIpc) is 3.39. The second kappa shape index (κ2) is 14.7. The standard InChI is InChI=1S/C37H44N6O6S/c1-4-19-41-20-14-27(15-21-41)28-16-22-42(23-17-28)36(45)40-37(29-9-8-18-39-34(29)49-5-2)30-24-26(25-38)12-13-31(30)43(35(37)44)50(46,47)33-11-7-6-10-32(33)48-3/h6-13,18,24,27-28H,4-5,14-17,19-23H2,1-3H3,(H,40,45). The third kappa shape index (κ3) is 6.26. The minimum absolute atomic E-state index is 0.000341. The van der Waals surface area contributed by atoms with Gasteiger partial charge in [-0.1, -0.05) is 19.1 Å². The van der Waals surface area contributed by atoms with Crippen LogP contribution in [0.1, 0.15) is 62.6 Å². The van der Waals surface area contributed by atoms with Crippen molar-refractivity contribution in [2.45, 2.75) is 56.4 Å². The number of anilines is 1. The highest BCUT2D eigenvalue weighted by Gasteiger charge is 2.59. The van der Waals surface area contributed by atoms with E-state index in [1.165, 1.54) is 49.7 Å². The number of benzene rings is 2. The van der Waals surface area contributed by atoms with Crippen LogP contribution in [0, 0.1) is 23.2 Å². The minimum atomic E-state index is -4.61. The Labute approximate surface area is 294 Å². The summed E-state index contributed by atoms with van der Waals surface area (Å²) in [7, 11) is -3.26.